The first-order valence-electron chi connectivity index (χ1n) is 6.50. The smallest absolute Gasteiger partial charge is 0.414 e. The number of methoxy groups -OCH3 is 1. The number of hydrogen-bond acceptors (Lipinski definition) is 4. The van der Waals surface area contributed by atoms with Crippen molar-refractivity contribution >= 4 is 17.5 Å². The lowest BCUT2D eigenvalue weighted by Crippen LogP contribution is -2.23. The maximum absolute atomic E-state index is 11.5. The van der Waals surface area contributed by atoms with Crippen molar-refractivity contribution < 1.29 is 14.3 Å². The Kier molecular flexibility index (Phi) is 4.63. The average Bonchev–Trinajstić information content (AvgIpc) is 2.83. The van der Waals surface area contributed by atoms with Gasteiger partial charge >= 0.3 is 6.09 Å². The van der Waals surface area contributed by atoms with E-state index in [4.69, 9.17) is 9.47 Å². The number of cyclic esters (lactones) is 1. The molecular weight excluding hydrogens is 244 g/mol. The van der Waals surface area contributed by atoms with Crippen LogP contribution in [0.5, 0.6) is 0 Å². The third kappa shape index (κ3) is 3.61. The average molecular weight is 264 g/mol. The molecule has 1 fully saturated rings. The fourth-order valence-electron chi connectivity index (χ4n) is 2.04. The topological polar surface area (TPSA) is 50.8 Å². The highest BCUT2D eigenvalue weighted by Crippen LogP contribution is 2.23. The molecule has 19 heavy (non-hydrogen) atoms. The summed E-state index contributed by atoms with van der Waals surface area (Å²) in [4.78, 5) is 13.2. The molecule has 0 bridgehead atoms. The Morgan fingerprint density at radius 3 is 3.05 bits per heavy atom. The van der Waals surface area contributed by atoms with Gasteiger partial charge in [0.15, 0.2) is 0 Å². The van der Waals surface area contributed by atoms with Crippen molar-refractivity contribution in [2.75, 3.05) is 37.1 Å². The predicted octanol–water partition coefficient (Wildman–Crippen LogP) is 2.48. The van der Waals surface area contributed by atoms with Gasteiger partial charge in [0.1, 0.15) is 6.61 Å². The molecule has 104 valence electrons. The van der Waals surface area contributed by atoms with Gasteiger partial charge in [-0.1, -0.05) is 6.07 Å². The summed E-state index contributed by atoms with van der Waals surface area (Å²) in [5.74, 6) is 0. The first-order chi connectivity index (χ1) is 9.20. The summed E-state index contributed by atoms with van der Waals surface area (Å²) < 4.78 is 10.0. The Morgan fingerprint density at radius 2 is 2.37 bits per heavy atom. The number of anilines is 2. The molecule has 1 unspecified atom stereocenters. The zero-order valence-corrected chi connectivity index (χ0v) is 11.4. The molecule has 1 N–H and O–H groups in total. The van der Waals surface area contributed by atoms with Gasteiger partial charge in [0.05, 0.1) is 6.54 Å². The molecule has 0 aliphatic carbocycles. The summed E-state index contributed by atoms with van der Waals surface area (Å²) >= 11 is 0. The summed E-state index contributed by atoms with van der Waals surface area (Å²) in [7, 11) is 1.70. The van der Waals surface area contributed by atoms with Crippen molar-refractivity contribution in [2.24, 2.45) is 0 Å². The van der Waals surface area contributed by atoms with Crippen LogP contribution in [0.4, 0.5) is 16.2 Å². The van der Waals surface area contributed by atoms with E-state index in [1.807, 2.05) is 24.3 Å². The SMILES string of the molecule is COCCC(C)Nc1cccc(N2CCOC2=O)c1. The van der Waals surface area contributed by atoms with Gasteiger partial charge in [0.25, 0.3) is 0 Å². The lowest BCUT2D eigenvalue weighted by molar-refractivity contribution is 0.181. The maximum atomic E-state index is 11.5. The Morgan fingerprint density at radius 1 is 1.53 bits per heavy atom. The molecule has 0 spiro atoms. The van der Waals surface area contributed by atoms with Crippen molar-refractivity contribution in [3.05, 3.63) is 24.3 Å². The van der Waals surface area contributed by atoms with E-state index in [-0.39, 0.29) is 6.09 Å². The molecule has 0 saturated carbocycles. The van der Waals surface area contributed by atoms with E-state index >= 15 is 0 Å². The molecule has 1 aliphatic heterocycles. The summed E-state index contributed by atoms with van der Waals surface area (Å²) in [5.41, 5.74) is 1.87. The lowest BCUT2D eigenvalue weighted by Gasteiger charge is -2.17. The zero-order chi connectivity index (χ0) is 13.7. The minimum absolute atomic E-state index is 0.274. The number of carbonyl (C=O) groups is 1. The molecule has 0 aromatic heterocycles. The second kappa shape index (κ2) is 6.43. The molecule has 1 heterocycles. The maximum Gasteiger partial charge on any atom is 0.414 e. The minimum Gasteiger partial charge on any atom is -0.447 e. The molecule has 5 nitrogen and oxygen atoms in total. The standard InChI is InChI=1S/C14H20N2O3/c1-11(6-8-18-2)15-12-4-3-5-13(10-12)16-7-9-19-14(16)17/h3-5,10-11,15H,6-9H2,1-2H3. The third-order valence-electron chi connectivity index (χ3n) is 3.09. The summed E-state index contributed by atoms with van der Waals surface area (Å²) in [6.07, 6.45) is 0.663. The highest BCUT2D eigenvalue weighted by atomic mass is 16.6. The van der Waals surface area contributed by atoms with Gasteiger partial charge in [0.2, 0.25) is 0 Å². The fourth-order valence-corrected chi connectivity index (χ4v) is 2.04. The molecule has 1 saturated heterocycles. The third-order valence-corrected chi connectivity index (χ3v) is 3.09. The molecule has 1 aromatic rings. The molecule has 5 heteroatoms. The summed E-state index contributed by atoms with van der Waals surface area (Å²) in [6.45, 7) is 3.91. The van der Waals surface area contributed by atoms with Crippen LogP contribution in [0.1, 0.15) is 13.3 Å². The molecular formula is C14H20N2O3. The second-order valence-electron chi connectivity index (χ2n) is 4.64. The number of carbonyl (C=O) groups excluding carboxylic acids is 1. The minimum atomic E-state index is -0.274. The monoisotopic (exact) mass is 264 g/mol. The number of nitrogens with one attached hydrogen (secondary N) is 1. The van der Waals surface area contributed by atoms with Crippen LogP contribution >= 0.6 is 0 Å². The molecule has 1 amide bonds. The van der Waals surface area contributed by atoms with Crippen LogP contribution in [0.2, 0.25) is 0 Å². The predicted molar refractivity (Wildman–Crippen MR) is 74.7 cm³/mol. The van der Waals surface area contributed by atoms with Crippen LogP contribution in [-0.2, 0) is 9.47 Å². The molecule has 1 atom stereocenters. The van der Waals surface area contributed by atoms with Crippen molar-refractivity contribution in [1.82, 2.24) is 0 Å². The van der Waals surface area contributed by atoms with Crippen LogP contribution in [0.25, 0.3) is 0 Å². The van der Waals surface area contributed by atoms with Crippen molar-refractivity contribution in [3.63, 3.8) is 0 Å². The van der Waals surface area contributed by atoms with E-state index in [9.17, 15) is 4.79 Å². The van der Waals surface area contributed by atoms with Gasteiger partial charge in [0, 0.05) is 31.1 Å². The first kappa shape index (κ1) is 13.7. The zero-order valence-electron chi connectivity index (χ0n) is 11.4. The van der Waals surface area contributed by atoms with E-state index in [0.717, 1.165) is 24.4 Å². The van der Waals surface area contributed by atoms with E-state index in [2.05, 4.69) is 12.2 Å². The van der Waals surface area contributed by atoms with Gasteiger partial charge in [-0.25, -0.2) is 4.79 Å². The number of amides is 1. The Balaban J connectivity index is 2.00. The van der Waals surface area contributed by atoms with Crippen LogP contribution in [0.15, 0.2) is 24.3 Å². The summed E-state index contributed by atoms with van der Waals surface area (Å²) in [6, 6.07) is 8.13. The van der Waals surface area contributed by atoms with Gasteiger partial charge in [-0.3, -0.25) is 4.90 Å². The Labute approximate surface area is 113 Å². The fraction of sp³-hybridized carbons (Fsp3) is 0.500. The van der Waals surface area contributed by atoms with Crippen LogP contribution in [0, 0.1) is 0 Å². The van der Waals surface area contributed by atoms with Gasteiger partial charge in [-0.2, -0.15) is 0 Å². The largest absolute Gasteiger partial charge is 0.447 e. The number of hydrogen-bond donors (Lipinski definition) is 1. The van der Waals surface area contributed by atoms with Gasteiger partial charge in [-0.05, 0) is 31.5 Å². The van der Waals surface area contributed by atoms with E-state index in [1.54, 1.807) is 12.0 Å². The number of nitrogens with zero attached hydrogens (tertiary/aromatic N) is 1. The van der Waals surface area contributed by atoms with Crippen molar-refractivity contribution in [1.29, 1.82) is 0 Å². The molecule has 0 radical (unpaired) electrons. The highest BCUT2D eigenvalue weighted by Gasteiger charge is 2.23. The summed E-state index contributed by atoms with van der Waals surface area (Å²) in [5, 5.41) is 3.40. The number of rotatable bonds is 6. The van der Waals surface area contributed by atoms with Crippen molar-refractivity contribution in [3.8, 4) is 0 Å². The molecule has 1 aliphatic rings. The van der Waals surface area contributed by atoms with Crippen LogP contribution in [-0.4, -0.2) is 39.0 Å². The Bertz CT molecular complexity index is 436. The molecule has 2 rings (SSSR count). The Hall–Kier alpha value is -1.75. The van der Waals surface area contributed by atoms with Gasteiger partial charge < -0.3 is 14.8 Å². The second-order valence-corrected chi connectivity index (χ2v) is 4.64. The van der Waals surface area contributed by atoms with E-state index in [0.29, 0.717) is 19.2 Å². The first-order valence-corrected chi connectivity index (χ1v) is 6.50. The molecule has 1 aromatic carbocycles. The quantitative estimate of drug-likeness (QED) is 0.857. The van der Waals surface area contributed by atoms with E-state index < -0.39 is 0 Å². The highest BCUT2D eigenvalue weighted by molar-refractivity contribution is 5.89. The number of benzene rings is 1. The number of ether oxygens (including phenoxy) is 2. The van der Waals surface area contributed by atoms with Crippen molar-refractivity contribution in [2.45, 2.75) is 19.4 Å². The lowest BCUT2D eigenvalue weighted by atomic mass is 10.2. The normalized spacial score (nSPS) is 16.3. The van der Waals surface area contributed by atoms with Crippen LogP contribution < -0.4 is 10.2 Å². The van der Waals surface area contributed by atoms with Gasteiger partial charge in [-0.15, -0.1) is 0 Å². The van der Waals surface area contributed by atoms with Crippen LogP contribution in [0.3, 0.4) is 0 Å². The van der Waals surface area contributed by atoms with E-state index in [1.165, 1.54) is 0 Å².